The van der Waals surface area contributed by atoms with Crippen molar-refractivity contribution in [2.75, 3.05) is 29.5 Å². The Hall–Kier alpha value is -1.14. The Morgan fingerprint density at radius 2 is 2.21 bits per heavy atom. The summed E-state index contributed by atoms with van der Waals surface area (Å²) in [6.45, 7) is 2.59. The van der Waals surface area contributed by atoms with Gasteiger partial charge in [0.05, 0.1) is 17.2 Å². The van der Waals surface area contributed by atoms with Gasteiger partial charge in [0.25, 0.3) is 0 Å². The van der Waals surface area contributed by atoms with E-state index < -0.39 is 9.84 Å². The minimum absolute atomic E-state index is 0.0728. The number of anilines is 1. The highest BCUT2D eigenvalue weighted by Gasteiger charge is 2.30. The van der Waals surface area contributed by atoms with Crippen molar-refractivity contribution in [2.24, 2.45) is 5.73 Å². The second-order valence-corrected chi connectivity index (χ2v) is 7.17. The van der Waals surface area contributed by atoms with Crippen LogP contribution < -0.4 is 10.6 Å². The maximum absolute atomic E-state index is 14.1. The molecule has 0 aliphatic carbocycles. The van der Waals surface area contributed by atoms with Gasteiger partial charge in [0, 0.05) is 12.6 Å². The van der Waals surface area contributed by atoms with E-state index >= 15 is 0 Å². The molecule has 0 radical (unpaired) electrons. The van der Waals surface area contributed by atoms with Gasteiger partial charge in [0.15, 0.2) is 9.84 Å². The van der Waals surface area contributed by atoms with Gasteiger partial charge in [-0.25, -0.2) is 12.8 Å². The van der Waals surface area contributed by atoms with E-state index in [4.69, 9.17) is 5.73 Å². The fraction of sp³-hybridized carbons (Fsp3) is 0.538. The van der Waals surface area contributed by atoms with E-state index in [1.165, 1.54) is 6.07 Å². The smallest absolute Gasteiger partial charge is 0.154 e. The molecule has 1 saturated heterocycles. The molecule has 2 rings (SSSR count). The molecule has 1 fully saturated rings. The summed E-state index contributed by atoms with van der Waals surface area (Å²) in [5.74, 6) is -0.158. The number of halogens is 1. The number of sulfone groups is 1. The Morgan fingerprint density at radius 1 is 1.47 bits per heavy atom. The van der Waals surface area contributed by atoms with Crippen LogP contribution in [-0.2, 0) is 16.3 Å². The average Bonchev–Trinajstić information content (AvgIpc) is 2.31. The van der Waals surface area contributed by atoms with Crippen LogP contribution in [0.25, 0.3) is 0 Å². The predicted molar refractivity (Wildman–Crippen MR) is 74.6 cm³/mol. The van der Waals surface area contributed by atoms with E-state index in [-0.39, 0.29) is 23.4 Å². The number of hydrogen-bond donors (Lipinski definition) is 1. The molecule has 0 saturated carbocycles. The third-order valence-corrected chi connectivity index (χ3v) is 5.24. The molecule has 1 aliphatic heterocycles. The standard InChI is InChI=1S/C13H19FN2O2S/c1-10-9-19(17,18)8-7-16(10)13-11(5-6-15)3-2-4-12(13)14/h2-4,10H,5-9,15H2,1H3. The highest BCUT2D eigenvalue weighted by Crippen LogP contribution is 2.28. The highest BCUT2D eigenvalue weighted by molar-refractivity contribution is 7.91. The topological polar surface area (TPSA) is 63.4 Å². The molecule has 0 aromatic heterocycles. The Bertz CT molecular complexity index is 560. The molecule has 19 heavy (non-hydrogen) atoms. The minimum atomic E-state index is -3.00. The fourth-order valence-electron chi connectivity index (χ4n) is 2.57. The van der Waals surface area contributed by atoms with Crippen LogP contribution in [0.15, 0.2) is 18.2 Å². The van der Waals surface area contributed by atoms with E-state index in [1.807, 2.05) is 17.9 Å². The molecule has 0 bridgehead atoms. The third-order valence-electron chi connectivity index (χ3n) is 3.44. The molecule has 1 unspecified atom stereocenters. The van der Waals surface area contributed by atoms with Gasteiger partial charge in [-0.05, 0) is 31.5 Å². The van der Waals surface area contributed by atoms with Crippen molar-refractivity contribution in [3.8, 4) is 0 Å². The zero-order valence-corrected chi connectivity index (χ0v) is 11.8. The monoisotopic (exact) mass is 286 g/mol. The van der Waals surface area contributed by atoms with Gasteiger partial charge < -0.3 is 10.6 Å². The summed E-state index contributed by atoms with van der Waals surface area (Å²) in [6.07, 6.45) is 0.586. The first-order valence-electron chi connectivity index (χ1n) is 6.39. The second kappa shape index (κ2) is 5.46. The Balaban J connectivity index is 2.36. The average molecular weight is 286 g/mol. The normalized spacial score (nSPS) is 22.5. The SMILES string of the molecule is CC1CS(=O)(=O)CCN1c1c(F)cccc1CCN. The summed E-state index contributed by atoms with van der Waals surface area (Å²) < 4.78 is 37.3. The van der Waals surface area contributed by atoms with Crippen molar-refractivity contribution in [3.05, 3.63) is 29.6 Å². The maximum Gasteiger partial charge on any atom is 0.154 e. The minimum Gasteiger partial charge on any atom is -0.364 e. The van der Waals surface area contributed by atoms with Crippen molar-refractivity contribution in [3.63, 3.8) is 0 Å². The highest BCUT2D eigenvalue weighted by atomic mass is 32.2. The lowest BCUT2D eigenvalue weighted by atomic mass is 10.1. The van der Waals surface area contributed by atoms with Gasteiger partial charge in [-0.15, -0.1) is 0 Å². The molecule has 1 heterocycles. The zero-order chi connectivity index (χ0) is 14.0. The molecule has 2 N–H and O–H groups in total. The lowest BCUT2D eigenvalue weighted by molar-refractivity contribution is 0.557. The van der Waals surface area contributed by atoms with E-state index in [0.29, 0.717) is 25.2 Å². The largest absolute Gasteiger partial charge is 0.364 e. The number of benzene rings is 1. The summed E-state index contributed by atoms with van der Waals surface area (Å²) in [5.41, 5.74) is 6.90. The second-order valence-electron chi connectivity index (χ2n) is 4.94. The van der Waals surface area contributed by atoms with Crippen LogP contribution >= 0.6 is 0 Å². The summed E-state index contributed by atoms with van der Waals surface area (Å²) in [7, 11) is -3.00. The molecule has 1 atom stereocenters. The van der Waals surface area contributed by atoms with Crippen molar-refractivity contribution in [2.45, 2.75) is 19.4 Å². The summed E-state index contributed by atoms with van der Waals surface area (Å²) in [6, 6.07) is 4.70. The summed E-state index contributed by atoms with van der Waals surface area (Å²) in [4.78, 5) is 1.85. The molecular formula is C13H19FN2O2S. The van der Waals surface area contributed by atoms with Crippen LogP contribution in [0.4, 0.5) is 10.1 Å². The molecule has 4 nitrogen and oxygen atoms in total. The summed E-state index contributed by atoms with van der Waals surface area (Å²) in [5, 5.41) is 0. The Labute approximate surface area is 113 Å². The van der Waals surface area contributed by atoms with E-state index in [1.54, 1.807) is 6.07 Å². The van der Waals surface area contributed by atoms with Crippen LogP contribution in [0.1, 0.15) is 12.5 Å². The van der Waals surface area contributed by atoms with Crippen LogP contribution in [-0.4, -0.2) is 39.1 Å². The molecule has 1 aromatic rings. The molecule has 106 valence electrons. The third kappa shape index (κ3) is 3.06. The first kappa shape index (κ1) is 14.3. The zero-order valence-electron chi connectivity index (χ0n) is 11.0. The quantitative estimate of drug-likeness (QED) is 0.898. The predicted octanol–water partition coefficient (Wildman–Crippen LogP) is 0.950. The molecule has 1 aliphatic rings. The number of nitrogens with two attached hydrogens (primary N) is 1. The van der Waals surface area contributed by atoms with Gasteiger partial charge in [0.2, 0.25) is 0 Å². The Kier molecular flexibility index (Phi) is 4.10. The number of nitrogens with zero attached hydrogens (tertiary/aromatic N) is 1. The van der Waals surface area contributed by atoms with Crippen molar-refractivity contribution in [1.29, 1.82) is 0 Å². The van der Waals surface area contributed by atoms with Crippen molar-refractivity contribution in [1.82, 2.24) is 0 Å². The van der Waals surface area contributed by atoms with Crippen molar-refractivity contribution >= 4 is 15.5 Å². The van der Waals surface area contributed by atoms with Crippen LogP contribution in [0.3, 0.4) is 0 Å². The summed E-state index contributed by atoms with van der Waals surface area (Å²) >= 11 is 0. The van der Waals surface area contributed by atoms with E-state index in [9.17, 15) is 12.8 Å². The van der Waals surface area contributed by atoms with Gasteiger partial charge in [-0.1, -0.05) is 12.1 Å². The fourth-order valence-corrected chi connectivity index (χ4v) is 4.13. The van der Waals surface area contributed by atoms with E-state index in [2.05, 4.69) is 0 Å². The van der Waals surface area contributed by atoms with Gasteiger partial charge in [-0.2, -0.15) is 0 Å². The molecule has 1 aromatic carbocycles. The Morgan fingerprint density at radius 3 is 2.84 bits per heavy atom. The first-order valence-corrected chi connectivity index (χ1v) is 8.21. The van der Waals surface area contributed by atoms with Crippen LogP contribution in [0.2, 0.25) is 0 Å². The number of rotatable bonds is 3. The number of hydrogen-bond acceptors (Lipinski definition) is 4. The van der Waals surface area contributed by atoms with Crippen LogP contribution in [0, 0.1) is 5.82 Å². The van der Waals surface area contributed by atoms with Gasteiger partial charge in [0.1, 0.15) is 5.82 Å². The first-order chi connectivity index (χ1) is 8.94. The van der Waals surface area contributed by atoms with Gasteiger partial charge >= 0.3 is 0 Å². The van der Waals surface area contributed by atoms with E-state index in [0.717, 1.165) is 5.56 Å². The molecule has 0 amide bonds. The number of para-hydroxylation sites is 1. The van der Waals surface area contributed by atoms with Crippen LogP contribution in [0.5, 0.6) is 0 Å². The lowest BCUT2D eigenvalue weighted by Gasteiger charge is -2.36. The van der Waals surface area contributed by atoms with Crippen molar-refractivity contribution < 1.29 is 12.8 Å². The lowest BCUT2D eigenvalue weighted by Crippen LogP contribution is -2.47. The molecule has 6 heteroatoms. The maximum atomic E-state index is 14.1. The molecule has 0 spiro atoms. The van der Waals surface area contributed by atoms with Gasteiger partial charge in [-0.3, -0.25) is 0 Å². The molecular weight excluding hydrogens is 267 g/mol.